The van der Waals surface area contributed by atoms with E-state index >= 15 is 0 Å². The average molecular weight is 233 g/mol. The molecule has 0 radical (unpaired) electrons. The number of unbranched alkanes of at least 4 members (excludes halogenated alkanes) is 1. The van der Waals surface area contributed by atoms with Gasteiger partial charge in [0.15, 0.2) is 0 Å². The third-order valence-electron chi connectivity index (χ3n) is 1.54. The van der Waals surface area contributed by atoms with E-state index in [0.29, 0.717) is 12.8 Å². The van der Waals surface area contributed by atoms with Crippen LogP contribution in [0, 0.1) is 0 Å². The summed E-state index contributed by atoms with van der Waals surface area (Å²) in [7, 11) is 0. The number of carbonyl (C=O) groups excluding carboxylic acids is 2. The van der Waals surface area contributed by atoms with Crippen molar-refractivity contribution in [2.24, 2.45) is 0 Å². The van der Waals surface area contributed by atoms with Crippen LogP contribution in [0.25, 0.3) is 0 Å². The molecule has 0 fully saturated rings. The van der Waals surface area contributed by atoms with Crippen molar-refractivity contribution in [2.45, 2.75) is 32.8 Å². The maximum Gasteiger partial charge on any atom is 0.407 e. The minimum absolute atomic E-state index is 0.0799. The molecule has 0 aliphatic rings. The summed E-state index contributed by atoms with van der Waals surface area (Å²) < 4.78 is 9.53. The van der Waals surface area contributed by atoms with Gasteiger partial charge in [-0.3, -0.25) is 4.79 Å². The number of nitrogens with one attached hydrogen (secondary N) is 1. The number of hydrogen-bond acceptors (Lipinski definition) is 5. The largest absolute Gasteiger partial charge is 0.464 e. The molecular formula is C10H19NO5. The average Bonchev–Trinajstić information content (AvgIpc) is 2.20. The molecule has 0 spiro atoms. The van der Waals surface area contributed by atoms with Gasteiger partial charge in [0.25, 0.3) is 0 Å². The fourth-order valence-electron chi connectivity index (χ4n) is 0.851. The van der Waals surface area contributed by atoms with Crippen LogP contribution < -0.4 is 5.32 Å². The number of esters is 1. The van der Waals surface area contributed by atoms with Gasteiger partial charge in [0.2, 0.25) is 0 Å². The van der Waals surface area contributed by atoms with E-state index in [2.05, 4.69) is 5.32 Å². The highest BCUT2D eigenvalue weighted by atomic mass is 16.6. The first-order chi connectivity index (χ1) is 7.56. The van der Waals surface area contributed by atoms with Crippen molar-refractivity contribution < 1.29 is 24.2 Å². The van der Waals surface area contributed by atoms with Gasteiger partial charge in [-0.25, -0.2) is 4.79 Å². The molecule has 0 aromatic rings. The highest BCUT2D eigenvalue weighted by molar-refractivity contribution is 5.77. The molecule has 0 atom stereocenters. The van der Waals surface area contributed by atoms with E-state index in [1.165, 1.54) is 0 Å². The second-order valence-corrected chi connectivity index (χ2v) is 3.46. The van der Waals surface area contributed by atoms with Gasteiger partial charge < -0.3 is 19.9 Å². The maximum absolute atomic E-state index is 11.0. The zero-order valence-corrected chi connectivity index (χ0v) is 9.69. The molecule has 0 saturated carbocycles. The van der Waals surface area contributed by atoms with Crippen LogP contribution in [0.15, 0.2) is 0 Å². The van der Waals surface area contributed by atoms with Gasteiger partial charge in [0.05, 0.1) is 12.7 Å². The number of aliphatic hydroxyl groups excluding tert-OH is 1. The monoisotopic (exact) mass is 233 g/mol. The fraction of sp³-hybridized carbons (Fsp3) is 0.800. The quantitative estimate of drug-likeness (QED) is 0.492. The molecule has 6 nitrogen and oxygen atoms in total. The molecule has 0 heterocycles. The van der Waals surface area contributed by atoms with Crippen LogP contribution in [-0.4, -0.2) is 43.0 Å². The summed E-state index contributed by atoms with van der Waals surface area (Å²) in [5, 5.41) is 10.7. The van der Waals surface area contributed by atoms with Gasteiger partial charge >= 0.3 is 12.1 Å². The molecule has 0 aromatic carbocycles. The number of hydrogen-bond donors (Lipinski definition) is 2. The molecule has 6 heteroatoms. The Labute approximate surface area is 94.9 Å². The third kappa shape index (κ3) is 9.26. The predicted molar refractivity (Wildman–Crippen MR) is 56.9 cm³/mol. The molecule has 94 valence electrons. The first-order valence-electron chi connectivity index (χ1n) is 5.27. The van der Waals surface area contributed by atoms with Crippen molar-refractivity contribution in [3.05, 3.63) is 0 Å². The van der Waals surface area contributed by atoms with Gasteiger partial charge in [-0.05, 0) is 26.7 Å². The summed E-state index contributed by atoms with van der Waals surface area (Å²) in [4.78, 5) is 22.0. The van der Waals surface area contributed by atoms with Gasteiger partial charge in [-0.15, -0.1) is 0 Å². The number of carbonyl (C=O) groups is 2. The van der Waals surface area contributed by atoms with E-state index in [-0.39, 0.29) is 25.9 Å². The highest BCUT2D eigenvalue weighted by Crippen LogP contribution is 1.90. The first kappa shape index (κ1) is 14.7. The Morgan fingerprint density at radius 1 is 1.31 bits per heavy atom. The summed E-state index contributed by atoms with van der Waals surface area (Å²) in [6.07, 6.45) is 0.345. The van der Waals surface area contributed by atoms with Gasteiger partial charge in [-0.1, -0.05) is 0 Å². The minimum atomic E-state index is -0.637. The lowest BCUT2D eigenvalue weighted by atomic mass is 10.3. The summed E-state index contributed by atoms with van der Waals surface area (Å²) in [6, 6.07) is 0. The van der Waals surface area contributed by atoms with Crippen molar-refractivity contribution in [2.75, 3.05) is 19.8 Å². The summed E-state index contributed by atoms with van der Waals surface area (Å²) >= 11 is 0. The van der Waals surface area contributed by atoms with Gasteiger partial charge in [0, 0.05) is 6.61 Å². The van der Waals surface area contributed by atoms with E-state index < -0.39 is 12.1 Å². The summed E-state index contributed by atoms with van der Waals surface area (Å²) in [5.74, 6) is -0.515. The summed E-state index contributed by atoms with van der Waals surface area (Å²) in [5.41, 5.74) is 0. The number of amides is 1. The topological polar surface area (TPSA) is 84.9 Å². The van der Waals surface area contributed by atoms with Crippen LogP contribution in [0.2, 0.25) is 0 Å². The van der Waals surface area contributed by atoms with E-state index in [0.717, 1.165) is 0 Å². The van der Waals surface area contributed by atoms with E-state index in [9.17, 15) is 9.59 Å². The second-order valence-electron chi connectivity index (χ2n) is 3.46. The maximum atomic E-state index is 11.0. The molecule has 0 bridgehead atoms. The van der Waals surface area contributed by atoms with Crippen LogP contribution in [-0.2, 0) is 14.3 Å². The zero-order valence-electron chi connectivity index (χ0n) is 9.69. The molecule has 1 amide bonds. The molecule has 0 aromatic heterocycles. The Bertz CT molecular complexity index is 217. The molecule has 0 rings (SSSR count). The van der Waals surface area contributed by atoms with Gasteiger partial charge in [-0.2, -0.15) is 0 Å². The van der Waals surface area contributed by atoms with E-state index in [1.54, 1.807) is 13.8 Å². The van der Waals surface area contributed by atoms with Crippen LogP contribution in [0.1, 0.15) is 26.7 Å². The Balaban J connectivity index is 3.46. The number of ether oxygens (including phenoxy) is 2. The van der Waals surface area contributed by atoms with Gasteiger partial charge in [0.1, 0.15) is 6.54 Å². The number of aliphatic hydroxyl groups is 1. The van der Waals surface area contributed by atoms with Crippen molar-refractivity contribution >= 4 is 12.1 Å². The standard InChI is InChI=1S/C10H19NO5/c1-8(2)16-10(14)11-7-9(13)15-6-4-3-5-12/h8,12H,3-7H2,1-2H3,(H,11,14). The van der Waals surface area contributed by atoms with Crippen molar-refractivity contribution in [1.29, 1.82) is 0 Å². The lowest BCUT2D eigenvalue weighted by Gasteiger charge is -2.09. The molecule has 0 aliphatic heterocycles. The van der Waals surface area contributed by atoms with Crippen molar-refractivity contribution in [3.8, 4) is 0 Å². The van der Waals surface area contributed by atoms with Crippen molar-refractivity contribution in [3.63, 3.8) is 0 Å². The van der Waals surface area contributed by atoms with Crippen LogP contribution in [0.3, 0.4) is 0 Å². The van der Waals surface area contributed by atoms with Crippen LogP contribution in [0.5, 0.6) is 0 Å². The number of alkyl carbamates (subject to hydrolysis) is 1. The molecule has 0 aliphatic carbocycles. The predicted octanol–water partition coefficient (Wildman–Crippen LogP) is 0.437. The molecule has 0 saturated heterocycles. The zero-order chi connectivity index (χ0) is 12.4. The molecule has 2 N–H and O–H groups in total. The Kier molecular flexibility index (Phi) is 8.24. The second kappa shape index (κ2) is 8.96. The Morgan fingerprint density at radius 3 is 2.56 bits per heavy atom. The number of rotatable bonds is 7. The lowest BCUT2D eigenvalue weighted by Crippen LogP contribution is -2.32. The molecule has 16 heavy (non-hydrogen) atoms. The van der Waals surface area contributed by atoms with Crippen LogP contribution in [0.4, 0.5) is 4.79 Å². The molecule has 0 unspecified atom stereocenters. The van der Waals surface area contributed by atoms with Crippen LogP contribution >= 0.6 is 0 Å². The summed E-state index contributed by atoms with van der Waals surface area (Å²) in [6.45, 7) is 3.56. The highest BCUT2D eigenvalue weighted by Gasteiger charge is 2.08. The molecular weight excluding hydrogens is 214 g/mol. The Hall–Kier alpha value is -1.30. The van der Waals surface area contributed by atoms with E-state index in [1.807, 2.05) is 0 Å². The smallest absolute Gasteiger partial charge is 0.407 e. The van der Waals surface area contributed by atoms with Crippen molar-refractivity contribution in [1.82, 2.24) is 5.32 Å². The third-order valence-corrected chi connectivity index (χ3v) is 1.54. The Morgan fingerprint density at radius 2 is 2.00 bits per heavy atom. The van der Waals surface area contributed by atoms with E-state index in [4.69, 9.17) is 14.6 Å². The fourth-order valence-corrected chi connectivity index (χ4v) is 0.851. The minimum Gasteiger partial charge on any atom is -0.464 e. The lowest BCUT2D eigenvalue weighted by molar-refractivity contribution is -0.142. The first-order valence-corrected chi connectivity index (χ1v) is 5.27. The SMILES string of the molecule is CC(C)OC(=O)NCC(=O)OCCCCO. The normalized spacial score (nSPS) is 10.0.